The summed E-state index contributed by atoms with van der Waals surface area (Å²) in [6, 6.07) is 6.03. The van der Waals surface area contributed by atoms with Gasteiger partial charge in [-0.1, -0.05) is 48.6 Å². The Hall–Kier alpha value is -2.18. The van der Waals surface area contributed by atoms with Crippen LogP contribution < -0.4 is 10.5 Å². The van der Waals surface area contributed by atoms with Crippen LogP contribution in [0.3, 0.4) is 0 Å². The maximum absolute atomic E-state index is 12.9. The minimum atomic E-state index is -0.0396. The largest absolute Gasteiger partial charge is 0.347 e. The Morgan fingerprint density at radius 2 is 1.93 bits per heavy atom. The summed E-state index contributed by atoms with van der Waals surface area (Å²) in [6.07, 6.45) is 2.59. The van der Waals surface area contributed by atoms with Crippen LogP contribution in [-0.2, 0) is 13.0 Å². The number of aryl methyl sites for hydroxylation is 4. The van der Waals surface area contributed by atoms with Gasteiger partial charge >= 0.3 is 10.7 Å². The molecule has 2 heterocycles. The van der Waals surface area contributed by atoms with Crippen LogP contribution in [0.2, 0.25) is 0 Å². The lowest BCUT2D eigenvalue weighted by Gasteiger charge is -2.10. The average molecular weight is 414 g/mol. The molecule has 0 radical (unpaired) electrons. The smallest absolute Gasteiger partial charge is 0.293 e. The molecule has 0 saturated heterocycles. The number of carbonyl (C=O) groups is 1. The lowest BCUT2D eigenvalue weighted by molar-refractivity contribution is -0.404. The van der Waals surface area contributed by atoms with Crippen molar-refractivity contribution in [2.45, 2.75) is 45.8 Å². The number of carbonyl (C=O) groups excluding carboxylic acids is 1. The molecule has 0 aliphatic rings. The number of fused-ring (bicyclic) bond motifs is 1. The highest BCUT2D eigenvalue weighted by Crippen LogP contribution is 2.24. The summed E-state index contributed by atoms with van der Waals surface area (Å²) in [6.45, 7) is 12.2. The zero-order valence-corrected chi connectivity index (χ0v) is 18.4. The van der Waals surface area contributed by atoms with E-state index in [1.54, 1.807) is 22.0 Å². The first-order chi connectivity index (χ1) is 13.3. The van der Waals surface area contributed by atoms with Crippen molar-refractivity contribution in [1.82, 2.24) is 4.57 Å². The normalized spacial score (nSPS) is 11.1. The Labute approximate surface area is 173 Å². The Morgan fingerprint density at radius 1 is 1.25 bits per heavy atom. The number of H-pyrrole nitrogens is 1. The van der Waals surface area contributed by atoms with Crippen LogP contribution in [0.1, 0.15) is 38.8 Å². The van der Waals surface area contributed by atoms with Gasteiger partial charge in [-0.15, -0.1) is 0 Å². The highest BCUT2D eigenvalue weighted by molar-refractivity contribution is 7.99. The highest BCUT2D eigenvalue weighted by atomic mass is 32.2. The monoisotopic (exact) mass is 413 g/mol. The number of aromatic nitrogens is 2. The standard InChI is InChI=1S/C22H24N2O2S2/c1-6-8-24-21(26)17-11-16(7-2)28-20(17)23-22(24)27-12-18(25)19-14(4)9-13(3)10-15(19)5/h6,9-11H,1,7-8,12H2,2-5H3/p+1. The molecule has 0 saturated carbocycles. The first kappa shape index (κ1) is 20.6. The predicted molar refractivity (Wildman–Crippen MR) is 118 cm³/mol. The van der Waals surface area contributed by atoms with Crippen LogP contribution in [-0.4, -0.2) is 16.1 Å². The van der Waals surface area contributed by atoms with Crippen molar-refractivity contribution in [3.8, 4) is 0 Å². The molecule has 0 aliphatic carbocycles. The Kier molecular flexibility index (Phi) is 6.20. The fourth-order valence-corrected chi connectivity index (χ4v) is 5.46. The number of allylic oxidation sites excluding steroid dienone is 1. The first-order valence-electron chi connectivity index (χ1n) is 9.29. The number of thiophene rings is 1. The lowest BCUT2D eigenvalue weighted by atomic mass is 9.97. The molecule has 4 nitrogen and oxygen atoms in total. The molecule has 0 aliphatic heterocycles. The Balaban J connectivity index is 1.95. The Bertz CT molecular complexity index is 1100. The molecule has 3 aromatic rings. The van der Waals surface area contributed by atoms with Crippen molar-refractivity contribution in [3.05, 3.63) is 68.3 Å². The second kappa shape index (κ2) is 8.45. The zero-order valence-electron chi connectivity index (χ0n) is 16.7. The molecule has 1 N–H and O–H groups in total. The summed E-state index contributed by atoms with van der Waals surface area (Å²) < 4.78 is 1.66. The number of benzene rings is 1. The van der Waals surface area contributed by atoms with Crippen LogP contribution in [0.25, 0.3) is 10.2 Å². The van der Waals surface area contributed by atoms with Gasteiger partial charge in [0.15, 0.2) is 10.6 Å². The molecule has 0 fully saturated rings. The number of hydrogen-bond acceptors (Lipinski definition) is 4. The molecule has 28 heavy (non-hydrogen) atoms. The van der Waals surface area contributed by atoms with E-state index in [9.17, 15) is 9.59 Å². The van der Waals surface area contributed by atoms with Crippen LogP contribution in [0.15, 0.2) is 40.8 Å². The maximum Gasteiger partial charge on any atom is 0.347 e. The van der Waals surface area contributed by atoms with Crippen molar-refractivity contribution < 1.29 is 9.78 Å². The molecule has 2 aromatic heterocycles. The van der Waals surface area contributed by atoms with Gasteiger partial charge < -0.3 is 0 Å². The quantitative estimate of drug-likeness (QED) is 0.248. The fraction of sp³-hybridized carbons (Fsp3) is 0.318. The van der Waals surface area contributed by atoms with Crippen LogP contribution in [0, 0.1) is 20.8 Å². The van der Waals surface area contributed by atoms with Gasteiger partial charge in [0.2, 0.25) is 0 Å². The number of aromatic amines is 1. The molecule has 0 unspecified atom stereocenters. The van der Waals surface area contributed by atoms with Crippen LogP contribution in [0.4, 0.5) is 0 Å². The second-order valence-electron chi connectivity index (χ2n) is 6.93. The van der Waals surface area contributed by atoms with Gasteiger partial charge in [-0.05, 0) is 56.1 Å². The van der Waals surface area contributed by atoms with Crippen molar-refractivity contribution in [1.29, 1.82) is 0 Å². The third kappa shape index (κ3) is 3.98. The van der Waals surface area contributed by atoms with Crippen molar-refractivity contribution in [2.75, 3.05) is 5.75 Å². The first-order valence-corrected chi connectivity index (χ1v) is 11.1. The molecule has 0 amide bonds. The van der Waals surface area contributed by atoms with Gasteiger partial charge in [-0.2, -0.15) is 4.57 Å². The van der Waals surface area contributed by atoms with Gasteiger partial charge in [0.1, 0.15) is 11.9 Å². The lowest BCUT2D eigenvalue weighted by Crippen LogP contribution is -2.29. The number of ketones is 1. The molecule has 146 valence electrons. The fourth-order valence-electron chi connectivity index (χ4n) is 3.51. The van der Waals surface area contributed by atoms with Gasteiger partial charge in [0.05, 0.1) is 5.75 Å². The summed E-state index contributed by atoms with van der Waals surface area (Å²) in [5.41, 5.74) is 3.89. The highest BCUT2D eigenvalue weighted by Gasteiger charge is 2.22. The molecular weight excluding hydrogens is 388 g/mol. The topological polar surface area (TPSA) is 53.2 Å². The average Bonchev–Trinajstić information content (AvgIpc) is 3.05. The van der Waals surface area contributed by atoms with Crippen molar-refractivity contribution in [3.63, 3.8) is 0 Å². The zero-order chi connectivity index (χ0) is 20.4. The number of Topliss-reactive ketones (excluding diaryl/α,β-unsaturated/α-hetero) is 1. The molecule has 1 aromatic carbocycles. The Morgan fingerprint density at radius 3 is 2.54 bits per heavy atom. The summed E-state index contributed by atoms with van der Waals surface area (Å²) >= 11 is 2.97. The number of hydrogen-bond donors (Lipinski definition) is 0. The van der Waals surface area contributed by atoms with E-state index in [1.165, 1.54) is 11.8 Å². The van der Waals surface area contributed by atoms with E-state index in [0.717, 1.165) is 38.4 Å². The van der Waals surface area contributed by atoms with Gasteiger partial charge in [-0.3, -0.25) is 4.79 Å². The van der Waals surface area contributed by atoms with Crippen molar-refractivity contribution >= 4 is 39.1 Å². The number of nitrogens with zero attached hydrogens (tertiary/aromatic N) is 1. The van der Waals surface area contributed by atoms with E-state index in [1.807, 2.05) is 39.0 Å². The summed E-state index contributed by atoms with van der Waals surface area (Å²) in [5, 5.41) is 1.39. The molecule has 0 spiro atoms. The predicted octanol–water partition coefficient (Wildman–Crippen LogP) is 4.53. The second-order valence-corrected chi connectivity index (χ2v) is 9.03. The molecular formula is C22H25N2O2S2+. The van der Waals surface area contributed by atoms with E-state index in [2.05, 4.69) is 18.5 Å². The summed E-state index contributed by atoms with van der Waals surface area (Å²) in [5.74, 6) is 0.349. The number of thioether (sulfide) groups is 1. The molecule has 0 atom stereocenters. The van der Waals surface area contributed by atoms with Gasteiger partial charge in [-0.25, -0.2) is 9.78 Å². The number of rotatable bonds is 7. The van der Waals surface area contributed by atoms with Crippen LogP contribution in [0.5, 0.6) is 0 Å². The molecule has 6 heteroatoms. The summed E-state index contributed by atoms with van der Waals surface area (Å²) in [7, 11) is 0. The molecule has 0 bridgehead atoms. The van der Waals surface area contributed by atoms with Gasteiger partial charge in [0.25, 0.3) is 0 Å². The van der Waals surface area contributed by atoms with E-state index >= 15 is 0 Å². The van der Waals surface area contributed by atoms with Crippen molar-refractivity contribution in [2.24, 2.45) is 0 Å². The van der Waals surface area contributed by atoms with E-state index in [0.29, 0.717) is 17.1 Å². The minimum absolute atomic E-state index is 0.0396. The van der Waals surface area contributed by atoms with Gasteiger partial charge in [0, 0.05) is 10.4 Å². The van der Waals surface area contributed by atoms with E-state index < -0.39 is 0 Å². The SMILES string of the molecule is C=CCn1c(SCC(=O)c2c(C)cc(C)cc2C)[nH+]c2sc(CC)cc2c1=O. The third-order valence-corrected chi connectivity index (χ3v) is 6.88. The third-order valence-electron chi connectivity index (χ3n) is 4.68. The van der Waals surface area contributed by atoms with E-state index in [4.69, 9.17) is 0 Å². The van der Waals surface area contributed by atoms with E-state index in [-0.39, 0.29) is 17.1 Å². The number of nitrogens with one attached hydrogen (secondary N) is 1. The molecule has 3 rings (SSSR count). The maximum atomic E-state index is 12.9. The summed E-state index contributed by atoms with van der Waals surface area (Å²) in [4.78, 5) is 31.2. The minimum Gasteiger partial charge on any atom is -0.293 e. The van der Waals surface area contributed by atoms with Crippen LogP contribution >= 0.6 is 23.1 Å².